The minimum Gasteiger partial charge on any atom is -0.458 e. The van der Waals surface area contributed by atoms with Crippen molar-refractivity contribution in [1.29, 1.82) is 0 Å². The molecule has 0 aromatic heterocycles. The molecule has 0 spiro atoms. The van der Waals surface area contributed by atoms with E-state index in [9.17, 15) is 4.79 Å². The van der Waals surface area contributed by atoms with Gasteiger partial charge in [-0.15, -0.1) is 0 Å². The van der Waals surface area contributed by atoms with Crippen LogP contribution in [0.1, 0.15) is 36.0 Å². The summed E-state index contributed by atoms with van der Waals surface area (Å²) in [5.74, 6) is 0.256. The van der Waals surface area contributed by atoms with E-state index in [1.165, 1.54) is 6.42 Å². The molecular weight excluding hydrogens is 318 g/mol. The number of hydrogen-bond donors (Lipinski definition) is 0. The van der Waals surface area contributed by atoms with E-state index < -0.39 is 0 Å². The van der Waals surface area contributed by atoms with Crippen LogP contribution < -0.4 is 0 Å². The van der Waals surface area contributed by atoms with Crippen LogP contribution in [0.5, 0.6) is 0 Å². The van der Waals surface area contributed by atoms with E-state index in [4.69, 9.17) is 4.74 Å². The molecule has 2 atom stereocenters. The summed E-state index contributed by atoms with van der Waals surface area (Å²) in [7, 11) is 4.14. The lowest BCUT2D eigenvalue weighted by Gasteiger charge is -2.32. The van der Waals surface area contributed by atoms with Gasteiger partial charge >= 0.3 is 5.97 Å². The second kappa shape index (κ2) is 7.23. The fourth-order valence-corrected chi connectivity index (χ4v) is 3.06. The molecule has 1 aliphatic rings. The molecule has 0 amide bonds. The first-order valence-corrected chi connectivity index (χ1v) is 7.97. The molecule has 110 valence electrons. The van der Waals surface area contributed by atoms with E-state index in [2.05, 4.69) is 34.9 Å². The molecule has 1 aromatic rings. The number of nitrogens with zero attached hydrogens (tertiary/aromatic N) is 1. The van der Waals surface area contributed by atoms with Crippen LogP contribution in [0.3, 0.4) is 0 Å². The predicted molar refractivity (Wildman–Crippen MR) is 83.9 cm³/mol. The molecule has 0 unspecified atom stereocenters. The SMILES string of the molecule is CN(C)C[C@@H]1CCCC[C@@H]1OC(=O)c1ccc(Br)cc1. The van der Waals surface area contributed by atoms with Gasteiger partial charge < -0.3 is 9.64 Å². The van der Waals surface area contributed by atoms with Gasteiger partial charge in [0.2, 0.25) is 0 Å². The molecule has 0 bridgehead atoms. The van der Waals surface area contributed by atoms with E-state index in [1.807, 2.05) is 12.1 Å². The molecule has 20 heavy (non-hydrogen) atoms. The Labute approximate surface area is 129 Å². The van der Waals surface area contributed by atoms with E-state index in [1.54, 1.807) is 12.1 Å². The van der Waals surface area contributed by atoms with Crippen LogP contribution in [0.15, 0.2) is 28.7 Å². The van der Waals surface area contributed by atoms with Gasteiger partial charge in [-0.25, -0.2) is 4.79 Å². The van der Waals surface area contributed by atoms with E-state index in [0.717, 1.165) is 30.3 Å². The molecule has 0 saturated heterocycles. The molecule has 1 saturated carbocycles. The molecule has 3 nitrogen and oxygen atoms in total. The number of hydrogen-bond acceptors (Lipinski definition) is 3. The highest BCUT2D eigenvalue weighted by Gasteiger charge is 2.28. The van der Waals surface area contributed by atoms with Crippen LogP contribution in [-0.4, -0.2) is 37.6 Å². The maximum absolute atomic E-state index is 12.2. The third-order valence-electron chi connectivity index (χ3n) is 3.78. The largest absolute Gasteiger partial charge is 0.458 e. The highest BCUT2D eigenvalue weighted by atomic mass is 79.9. The van der Waals surface area contributed by atoms with Crippen molar-refractivity contribution >= 4 is 21.9 Å². The molecule has 0 heterocycles. The summed E-state index contributed by atoms with van der Waals surface area (Å²) in [6.07, 6.45) is 4.59. The number of benzene rings is 1. The molecule has 1 aliphatic carbocycles. The van der Waals surface area contributed by atoms with Gasteiger partial charge in [0.05, 0.1) is 5.56 Å². The molecule has 1 aromatic carbocycles. The number of carbonyl (C=O) groups is 1. The Bertz CT molecular complexity index is 444. The maximum atomic E-state index is 12.2. The monoisotopic (exact) mass is 339 g/mol. The Morgan fingerprint density at radius 2 is 1.90 bits per heavy atom. The van der Waals surface area contributed by atoms with E-state index >= 15 is 0 Å². The van der Waals surface area contributed by atoms with Gasteiger partial charge in [-0.2, -0.15) is 0 Å². The molecule has 0 N–H and O–H groups in total. The fourth-order valence-electron chi connectivity index (χ4n) is 2.80. The first-order chi connectivity index (χ1) is 9.56. The summed E-state index contributed by atoms with van der Waals surface area (Å²) in [5, 5.41) is 0. The van der Waals surface area contributed by atoms with Crippen LogP contribution in [0.2, 0.25) is 0 Å². The lowest BCUT2D eigenvalue weighted by molar-refractivity contribution is -0.00324. The third-order valence-corrected chi connectivity index (χ3v) is 4.31. The average Bonchev–Trinajstić information content (AvgIpc) is 2.41. The number of ether oxygens (including phenoxy) is 1. The lowest BCUT2D eigenvalue weighted by Crippen LogP contribution is -2.36. The van der Waals surface area contributed by atoms with Crippen LogP contribution >= 0.6 is 15.9 Å². The van der Waals surface area contributed by atoms with Crippen LogP contribution in [0.4, 0.5) is 0 Å². The second-order valence-corrected chi connectivity index (χ2v) is 6.67. The summed E-state index contributed by atoms with van der Waals surface area (Å²) in [4.78, 5) is 14.4. The van der Waals surface area contributed by atoms with Crippen molar-refractivity contribution < 1.29 is 9.53 Å². The third kappa shape index (κ3) is 4.32. The standard InChI is InChI=1S/C16H22BrNO2/c1-18(2)11-13-5-3-4-6-15(13)20-16(19)12-7-9-14(17)10-8-12/h7-10,13,15H,3-6,11H2,1-2H3/t13-,15-/m0/s1. The van der Waals surface area contributed by atoms with Crippen molar-refractivity contribution in [2.24, 2.45) is 5.92 Å². The summed E-state index contributed by atoms with van der Waals surface area (Å²) < 4.78 is 6.72. The fraction of sp³-hybridized carbons (Fsp3) is 0.562. The number of halogens is 1. The highest BCUT2D eigenvalue weighted by Crippen LogP contribution is 2.28. The smallest absolute Gasteiger partial charge is 0.338 e. The van der Waals surface area contributed by atoms with Crippen molar-refractivity contribution in [3.05, 3.63) is 34.3 Å². The first-order valence-electron chi connectivity index (χ1n) is 7.17. The van der Waals surface area contributed by atoms with Crippen LogP contribution in [0, 0.1) is 5.92 Å². The molecule has 2 rings (SSSR count). The summed E-state index contributed by atoms with van der Waals surface area (Å²) in [5.41, 5.74) is 0.627. The summed E-state index contributed by atoms with van der Waals surface area (Å²) in [6.45, 7) is 0.984. The minimum absolute atomic E-state index is 0.0577. The van der Waals surface area contributed by atoms with Gasteiger partial charge in [0.25, 0.3) is 0 Å². The lowest BCUT2D eigenvalue weighted by atomic mass is 9.86. The number of carbonyl (C=O) groups excluding carboxylic acids is 1. The van der Waals surface area contributed by atoms with Crippen LogP contribution in [-0.2, 0) is 4.74 Å². The maximum Gasteiger partial charge on any atom is 0.338 e. The van der Waals surface area contributed by atoms with Crippen molar-refractivity contribution in [1.82, 2.24) is 4.90 Å². The van der Waals surface area contributed by atoms with Gasteiger partial charge in [0.15, 0.2) is 0 Å². The van der Waals surface area contributed by atoms with Crippen molar-refractivity contribution in [2.75, 3.05) is 20.6 Å². The summed E-state index contributed by atoms with van der Waals surface area (Å²) >= 11 is 3.37. The zero-order chi connectivity index (χ0) is 14.5. The van der Waals surface area contributed by atoms with Gasteiger partial charge in [-0.05, 0) is 57.6 Å². The zero-order valence-corrected chi connectivity index (χ0v) is 13.7. The predicted octanol–water partition coefficient (Wildman–Crippen LogP) is 3.73. The highest BCUT2D eigenvalue weighted by molar-refractivity contribution is 9.10. The molecule has 1 fully saturated rings. The molecule has 0 aliphatic heterocycles. The average molecular weight is 340 g/mol. The molecule has 0 radical (unpaired) electrons. The van der Waals surface area contributed by atoms with E-state index in [0.29, 0.717) is 11.5 Å². The second-order valence-electron chi connectivity index (χ2n) is 5.76. The van der Waals surface area contributed by atoms with Crippen LogP contribution in [0.25, 0.3) is 0 Å². The zero-order valence-electron chi connectivity index (χ0n) is 12.1. The Kier molecular flexibility index (Phi) is 5.61. The van der Waals surface area contributed by atoms with Gasteiger partial charge in [0.1, 0.15) is 6.10 Å². The summed E-state index contributed by atoms with van der Waals surface area (Å²) in [6, 6.07) is 7.34. The Morgan fingerprint density at radius 1 is 1.25 bits per heavy atom. The van der Waals surface area contributed by atoms with Gasteiger partial charge in [-0.3, -0.25) is 0 Å². The van der Waals surface area contributed by atoms with Gasteiger partial charge in [-0.1, -0.05) is 22.4 Å². The van der Waals surface area contributed by atoms with E-state index in [-0.39, 0.29) is 12.1 Å². The normalized spacial score (nSPS) is 22.8. The molecular formula is C16H22BrNO2. The number of esters is 1. The Balaban J connectivity index is 1.99. The molecule has 4 heteroatoms. The Hall–Kier alpha value is -0.870. The first kappa shape index (κ1) is 15.5. The minimum atomic E-state index is -0.201. The van der Waals surface area contributed by atoms with Crippen molar-refractivity contribution in [2.45, 2.75) is 31.8 Å². The van der Waals surface area contributed by atoms with Crippen molar-refractivity contribution in [3.8, 4) is 0 Å². The quantitative estimate of drug-likeness (QED) is 0.783. The Morgan fingerprint density at radius 3 is 2.55 bits per heavy atom. The topological polar surface area (TPSA) is 29.5 Å². The van der Waals surface area contributed by atoms with Crippen molar-refractivity contribution in [3.63, 3.8) is 0 Å². The van der Waals surface area contributed by atoms with Gasteiger partial charge in [0, 0.05) is 16.9 Å². The number of rotatable bonds is 4.